The van der Waals surface area contributed by atoms with Gasteiger partial charge in [0, 0.05) is 0 Å². The molecular formula is C9H13N3. The van der Waals surface area contributed by atoms with E-state index in [9.17, 15) is 0 Å². The summed E-state index contributed by atoms with van der Waals surface area (Å²) in [6.45, 7) is 6.02. The Morgan fingerprint density at radius 3 is 2.58 bits per heavy atom. The molecule has 0 aliphatic carbocycles. The van der Waals surface area contributed by atoms with Crippen molar-refractivity contribution in [2.75, 3.05) is 0 Å². The van der Waals surface area contributed by atoms with Crippen LogP contribution >= 0.6 is 0 Å². The smallest absolute Gasteiger partial charge is 0.115 e. The maximum Gasteiger partial charge on any atom is 0.115 e. The van der Waals surface area contributed by atoms with Crippen molar-refractivity contribution in [3.63, 3.8) is 0 Å². The maximum atomic E-state index is 3.98. The molecule has 3 nitrogen and oxygen atoms in total. The Kier molecular flexibility index (Phi) is 2.80. The number of rotatable bonds is 0. The topological polar surface area (TPSA) is 41.6 Å². The van der Waals surface area contributed by atoms with E-state index in [1.165, 1.54) is 0 Å². The minimum absolute atomic E-state index is 0.931. The van der Waals surface area contributed by atoms with E-state index in [2.05, 4.69) is 15.4 Å². The molecule has 0 aliphatic heterocycles. The number of H-pyrrole nitrogens is 1. The van der Waals surface area contributed by atoms with Gasteiger partial charge in [-0.25, -0.2) is 0 Å². The second-order valence-electron chi connectivity index (χ2n) is 2.27. The van der Waals surface area contributed by atoms with Crippen LogP contribution in [0.25, 0.3) is 11.0 Å². The first kappa shape index (κ1) is 8.71. The van der Waals surface area contributed by atoms with E-state index in [1.54, 1.807) is 0 Å². The first-order chi connectivity index (χ1) is 5.88. The number of nitrogens with one attached hydrogen (secondary N) is 1. The lowest BCUT2D eigenvalue weighted by Crippen LogP contribution is -1.73. The molecule has 0 saturated carbocycles. The third kappa shape index (κ3) is 1.44. The molecule has 3 heteroatoms. The number of para-hydroxylation sites is 1. The average molecular weight is 163 g/mol. The number of aromatic nitrogens is 3. The standard InChI is InChI=1S/C7H7N3.C2H6/c1-5-3-2-4-6-7(5)9-10-8-6;1-2/h2-4H,1H3,(H,8,9,10);1-2H3. The molecule has 64 valence electrons. The van der Waals surface area contributed by atoms with Crippen LogP contribution in [-0.4, -0.2) is 15.4 Å². The second kappa shape index (κ2) is 3.85. The molecule has 0 amide bonds. The van der Waals surface area contributed by atoms with E-state index >= 15 is 0 Å². The number of fused-ring (bicyclic) bond motifs is 1. The summed E-state index contributed by atoms with van der Waals surface area (Å²) in [7, 11) is 0. The van der Waals surface area contributed by atoms with Gasteiger partial charge < -0.3 is 0 Å². The summed E-state index contributed by atoms with van der Waals surface area (Å²) < 4.78 is 0. The number of hydrogen-bond acceptors (Lipinski definition) is 2. The van der Waals surface area contributed by atoms with E-state index in [0.717, 1.165) is 16.6 Å². The summed E-state index contributed by atoms with van der Waals surface area (Å²) in [5.74, 6) is 0. The van der Waals surface area contributed by atoms with Gasteiger partial charge in [-0.05, 0) is 18.6 Å². The molecule has 0 unspecified atom stereocenters. The Labute approximate surface area is 71.8 Å². The van der Waals surface area contributed by atoms with Crippen molar-refractivity contribution < 1.29 is 0 Å². The third-order valence-electron chi connectivity index (χ3n) is 1.55. The van der Waals surface area contributed by atoms with Gasteiger partial charge in [-0.15, -0.1) is 0 Å². The van der Waals surface area contributed by atoms with Crippen molar-refractivity contribution in [3.8, 4) is 0 Å². The number of benzene rings is 1. The summed E-state index contributed by atoms with van der Waals surface area (Å²) in [6.07, 6.45) is 0. The summed E-state index contributed by atoms with van der Waals surface area (Å²) in [5.41, 5.74) is 3.05. The van der Waals surface area contributed by atoms with Gasteiger partial charge in [-0.1, -0.05) is 26.0 Å². The minimum atomic E-state index is 0.931. The van der Waals surface area contributed by atoms with Crippen molar-refractivity contribution in [1.29, 1.82) is 0 Å². The quantitative estimate of drug-likeness (QED) is 0.647. The molecule has 1 N–H and O–H groups in total. The number of hydrogen-bond donors (Lipinski definition) is 1. The maximum absolute atomic E-state index is 3.98. The van der Waals surface area contributed by atoms with Crippen molar-refractivity contribution in [2.24, 2.45) is 0 Å². The van der Waals surface area contributed by atoms with E-state index in [0.29, 0.717) is 0 Å². The lowest BCUT2D eigenvalue weighted by atomic mass is 10.2. The molecular weight excluding hydrogens is 150 g/mol. The zero-order valence-electron chi connectivity index (χ0n) is 7.63. The van der Waals surface area contributed by atoms with Gasteiger partial charge >= 0.3 is 0 Å². The Morgan fingerprint density at radius 2 is 1.92 bits per heavy atom. The van der Waals surface area contributed by atoms with Gasteiger partial charge in [-0.2, -0.15) is 15.4 Å². The van der Waals surface area contributed by atoms with Crippen LogP contribution in [0.2, 0.25) is 0 Å². The predicted molar refractivity (Wildman–Crippen MR) is 50.0 cm³/mol. The van der Waals surface area contributed by atoms with E-state index in [4.69, 9.17) is 0 Å². The number of nitrogens with zero attached hydrogens (tertiary/aromatic N) is 2. The molecule has 0 bridgehead atoms. The molecule has 2 aromatic rings. The fraction of sp³-hybridized carbons (Fsp3) is 0.333. The predicted octanol–water partition coefficient (Wildman–Crippen LogP) is 2.29. The van der Waals surface area contributed by atoms with E-state index in [-0.39, 0.29) is 0 Å². The molecule has 0 aliphatic rings. The Hall–Kier alpha value is -1.38. The summed E-state index contributed by atoms with van der Waals surface area (Å²) in [4.78, 5) is 0. The normalized spacial score (nSPS) is 9.25. The van der Waals surface area contributed by atoms with Crippen molar-refractivity contribution in [2.45, 2.75) is 20.8 Å². The zero-order chi connectivity index (χ0) is 8.97. The zero-order valence-corrected chi connectivity index (χ0v) is 7.63. The van der Waals surface area contributed by atoms with Gasteiger partial charge in [-0.3, -0.25) is 0 Å². The van der Waals surface area contributed by atoms with Gasteiger partial charge in [0.15, 0.2) is 0 Å². The highest BCUT2D eigenvalue weighted by molar-refractivity contribution is 5.76. The fourth-order valence-corrected chi connectivity index (χ4v) is 1.01. The minimum Gasteiger partial charge on any atom is -0.197 e. The van der Waals surface area contributed by atoms with Crippen LogP contribution in [0.4, 0.5) is 0 Å². The van der Waals surface area contributed by atoms with Crippen molar-refractivity contribution >= 4 is 11.0 Å². The lowest BCUT2D eigenvalue weighted by molar-refractivity contribution is 0.958. The Bertz CT molecular complexity index is 351. The highest BCUT2D eigenvalue weighted by Gasteiger charge is 1.97. The fourth-order valence-electron chi connectivity index (χ4n) is 1.01. The Morgan fingerprint density at radius 1 is 1.17 bits per heavy atom. The number of aryl methyl sites for hydroxylation is 1. The van der Waals surface area contributed by atoms with Crippen LogP contribution in [0.15, 0.2) is 18.2 Å². The summed E-state index contributed by atoms with van der Waals surface area (Å²) in [6, 6.07) is 5.93. The first-order valence-electron chi connectivity index (χ1n) is 4.14. The molecule has 1 aromatic heterocycles. The van der Waals surface area contributed by atoms with Gasteiger partial charge in [0.25, 0.3) is 0 Å². The third-order valence-corrected chi connectivity index (χ3v) is 1.55. The van der Waals surface area contributed by atoms with Crippen LogP contribution in [-0.2, 0) is 0 Å². The molecule has 0 fully saturated rings. The molecule has 0 atom stereocenters. The van der Waals surface area contributed by atoms with Gasteiger partial charge in [0.2, 0.25) is 0 Å². The molecule has 0 saturated heterocycles. The van der Waals surface area contributed by atoms with Crippen LogP contribution in [0, 0.1) is 6.92 Å². The first-order valence-corrected chi connectivity index (χ1v) is 4.14. The van der Waals surface area contributed by atoms with Crippen LogP contribution < -0.4 is 0 Å². The van der Waals surface area contributed by atoms with E-state index in [1.807, 2.05) is 39.0 Å². The van der Waals surface area contributed by atoms with Crippen LogP contribution in [0.5, 0.6) is 0 Å². The molecule has 0 spiro atoms. The molecule has 2 rings (SSSR count). The van der Waals surface area contributed by atoms with Crippen LogP contribution in [0.3, 0.4) is 0 Å². The number of aromatic amines is 1. The second-order valence-corrected chi connectivity index (χ2v) is 2.27. The molecule has 0 radical (unpaired) electrons. The monoisotopic (exact) mass is 163 g/mol. The van der Waals surface area contributed by atoms with E-state index < -0.39 is 0 Å². The molecule has 1 heterocycles. The van der Waals surface area contributed by atoms with Crippen molar-refractivity contribution in [1.82, 2.24) is 15.4 Å². The van der Waals surface area contributed by atoms with Crippen molar-refractivity contribution in [3.05, 3.63) is 23.8 Å². The average Bonchev–Trinajstić information content (AvgIpc) is 2.57. The Balaban J connectivity index is 0.000000336. The van der Waals surface area contributed by atoms with Gasteiger partial charge in [0.05, 0.1) is 0 Å². The van der Waals surface area contributed by atoms with Gasteiger partial charge in [0.1, 0.15) is 11.0 Å². The summed E-state index contributed by atoms with van der Waals surface area (Å²) >= 11 is 0. The highest BCUT2D eigenvalue weighted by Crippen LogP contribution is 2.10. The largest absolute Gasteiger partial charge is 0.197 e. The lowest BCUT2D eigenvalue weighted by Gasteiger charge is -1.88. The molecule has 1 aromatic carbocycles. The van der Waals surface area contributed by atoms with Crippen LogP contribution in [0.1, 0.15) is 19.4 Å². The highest BCUT2D eigenvalue weighted by atomic mass is 15.3. The molecule has 12 heavy (non-hydrogen) atoms. The SMILES string of the molecule is CC.Cc1cccc2n[nH]nc12. The summed E-state index contributed by atoms with van der Waals surface area (Å²) in [5, 5.41) is 10.5.